The Morgan fingerprint density at radius 2 is 1.80 bits per heavy atom. The van der Waals surface area contributed by atoms with Crippen LogP contribution >= 0.6 is 11.8 Å². The van der Waals surface area contributed by atoms with E-state index in [0.717, 1.165) is 38.6 Å². The maximum atomic E-state index is 12.2. The van der Waals surface area contributed by atoms with Gasteiger partial charge >= 0.3 is 11.9 Å². The number of ether oxygens (including phenoxy) is 1. The Hall–Kier alpha value is -0.880. The second-order valence-corrected chi connectivity index (χ2v) is 6.84. The van der Waals surface area contributed by atoms with E-state index in [1.54, 1.807) is 0 Å². The van der Waals surface area contributed by atoms with Crippen molar-refractivity contribution in [3.8, 4) is 0 Å². The van der Waals surface area contributed by atoms with Crippen LogP contribution in [0.3, 0.4) is 0 Å². The third kappa shape index (κ3) is 4.06. The Bertz CT molecular complexity index is 393. The van der Waals surface area contributed by atoms with E-state index in [1.165, 1.54) is 18.7 Å². The maximum absolute atomic E-state index is 12.2. The number of carbonyl (C=O) groups is 3. The van der Waals surface area contributed by atoms with Gasteiger partial charge in [0.1, 0.15) is 6.04 Å². The normalized spacial score (nSPS) is 29.9. The molecule has 0 aromatic heterocycles. The second-order valence-electron chi connectivity index (χ2n) is 5.43. The third-order valence-corrected chi connectivity index (χ3v) is 5.07. The zero-order valence-electron chi connectivity index (χ0n) is 11.7. The average Bonchev–Trinajstić information content (AvgIpc) is 2.92. The van der Waals surface area contributed by atoms with Crippen LogP contribution in [-0.4, -0.2) is 34.9 Å². The lowest BCUT2D eigenvalue weighted by molar-refractivity contribution is -0.164. The van der Waals surface area contributed by atoms with E-state index in [4.69, 9.17) is 4.74 Å². The molecule has 112 valence electrons. The van der Waals surface area contributed by atoms with Crippen molar-refractivity contribution in [2.75, 3.05) is 6.54 Å². The fourth-order valence-electron chi connectivity index (χ4n) is 2.85. The summed E-state index contributed by atoms with van der Waals surface area (Å²) < 4.78 is 5.02. The summed E-state index contributed by atoms with van der Waals surface area (Å²) >= 11 is 1.20. The van der Waals surface area contributed by atoms with Gasteiger partial charge in [0.05, 0.1) is 5.92 Å². The molecule has 6 heteroatoms. The van der Waals surface area contributed by atoms with Crippen molar-refractivity contribution in [2.45, 2.75) is 56.7 Å². The summed E-state index contributed by atoms with van der Waals surface area (Å²) in [6.07, 6.45) is 5.16. The van der Waals surface area contributed by atoms with E-state index in [-0.39, 0.29) is 22.3 Å². The second kappa shape index (κ2) is 7.22. The molecule has 5 nitrogen and oxygen atoms in total. The molecular formula is C14H21NO4S. The lowest BCUT2D eigenvalue weighted by atomic mass is 9.89. The van der Waals surface area contributed by atoms with Crippen LogP contribution in [0.5, 0.6) is 0 Å². The van der Waals surface area contributed by atoms with E-state index in [0.29, 0.717) is 6.42 Å². The number of rotatable bonds is 3. The summed E-state index contributed by atoms with van der Waals surface area (Å²) in [5.74, 6) is -1.25. The summed E-state index contributed by atoms with van der Waals surface area (Å²) in [5, 5.41) is 2.99. The van der Waals surface area contributed by atoms with Crippen LogP contribution in [0.4, 0.5) is 0 Å². The van der Waals surface area contributed by atoms with E-state index < -0.39 is 11.9 Å². The Balaban J connectivity index is 1.91. The molecule has 1 N–H and O–H groups in total. The summed E-state index contributed by atoms with van der Waals surface area (Å²) in [4.78, 5) is 35.3. The molecule has 1 saturated carbocycles. The van der Waals surface area contributed by atoms with Gasteiger partial charge in [-0.25, -0.2) is 4.79 Å². The highest BCUT2D eigenvalue weighted by Crippen LogP contribution is 2.34. The van der Waals surface area contributed by atoms with Crippen LogP contribution in [0.1, 0.15) is 45.4 Å². The van der Waals surface area contributed by atoms with E-state index in [1.807, 2.05) is 0 Å². The minimum Gasteiger partial charge on any atom is -0.392 e. The van der Waals surface area contributed by atoms with Crippen molar-refractivity contribution < 1.29 is 19.1 Å². The largest absolute Gasteiger partial charge is 0.392 e. The van der Waals surface area contributed by atoms with Crippen molar-refractivity contribution >= 4 is 28.8 Å². The maximum Gasteiger partial charge on any atom is 0.330 e. The van der Waals surface area contributed by atoms with Crippen LogP contribution in [-0.2, 0) is 19.1 Å². The topological polar surface area (TPSA) is 72.5 Å². The molecule has 0 radical (unpaired) electrons. The molecular weight excluding hydrogens is 278 g/mol. The third-order valence-electron chi connectivity index (χ3n) is 3.87. The Labute approximate surface area is 123 Å². The van der Waals surface area contributed by atoms with E-state index in [2.05, 4.69) is 5.32 Å². The van der Waals surface area contributed by atoms with Crippen LogP contribution in [0, 0.1) is 5.92 Å². The molecule has 20 heavy (non-hydrogen) atoms. The smallest absolute Gasteiger partial charge is 0.330 e. The molecule has 1 aliphatic carbocycles. The van der Waals surface area contributed by atoms with Crippen LogP contribution in [0.25, 0.3) is 0 Å². The SMILES string of the molecule is CC(=O)SC1CCCCC1C(=O)OC(=O)[C@@H]1CCCN1. The number of carbonyl (C=O) groups excluding carboxylic acids is 3. The van der Waals surface area contributed by atoms with E-state index in [9.17, 15) is 14.4 Å². The molecule has 0 bridgehead atoms. The average molecular weight is 299 g/mol. The van der Waals surface area contributed by atoms with Crippen molar-refractivity contribution in [3.05, 3.63) is 0 Å². The predicted molar refractivity (Wildman–Crippen MR) is 76.1 cm³/mol. The van der Waals surface area contributed by atoms with Gasteiger partial charge in [0, 0.05) is 12.2 Å². The van der Waals surface area contributed by atoms with Gasteiger partial charge in [0.25, 0.3) is 0 Å². The summed E-state index contributed by atoms with van der Waals surface area (Å²) in [7, 11) is 0. The molecule has 0 amide bonds. The highest BCUT2D eigenvalue weighted by molar-refractivity contribution is 8.14. The summed E-state index contributed by atoms with van der Waals surface area (Å²) in [6.45, 7) is 2.30. The van der Waals surface area contributed by atoms with Crippen LogP contribution in [0.15, 0.2) is 0 Å². The molecule has 1 heterocycles. The lowest BCUT2D eigenvalue weighted by Crippen LogP contribution is -2.38. The molecule has 0 aromatic rings. The van der Waals surface area contributed by atoms with Gasteiger partial charge in [-0.05, 0) is 32.2 Å². The molecule has 3 atom stereocenters. The molecule has 0 aromatic carbocycles. The number of hydrogen-bond acceptors (Lipinski definition) is 6. The van der Waals surface area contributed by atoms with Gasteiger partial charge in [0.2, 0.25) is 0 Å². The molecule has 1 saturated heterocycles. The number of hydrogen-bond donors (Lipinski definition) is 1. The molecule has 0 spiro atoms. The van der Waals surface area contributed by atoms with Gasteiger partial charge in [-0.3, -0.25) is 9.59 Å². The fraction of sp³-hybridized carbons (Fsp3) is 0.786. The lowest BCUT2D eigenvalue weighted by Gasteiger charge is -2.28. The van der Waals surface area contributed by atoms with Gasteiger partial charge in [-0.2, -0.15) is 0 Å². The Morgan fingerprint density at radius 1 is 1.05 bits per heavy atom. The quantitative estimate of drug-likeness (QED) is 0.631. The molecule has 2 aliphatic rings. The number of esters is 2. The zero-order chi connectivity index (χ0) is 14.5. The van der Waals surface area contributed by atoms with Crippen LogP contribution in [0.2, 0.25) is 0 Å². The first-order valence-electron chi connectivity index (χ1n) is 7.24. The minimum atomic E-state index is -0.468. The Morgan fingerprint density at radius 3 is 2.45 bits per heavy atom. The summed E-state index contributed by atoms with van der Waals surface area (Å²) in [6, 6.07) is -0.346. The van der Waals surface area contributed by atoms with Gasteiger partial charge < -0.3 is 10.1 Å². The summed E-state index contributed by atoms with van der Waals surface area (Å²) in [5.41, 5.74) is 0. The molecule has 2 rings (SSSR count). The van der Waals surface area contributed by atoms with Crippen LogP contribution < -0.4 is 5.32 Å². The Kier molecular flexibility index (Phi) is 5.60. The molecule has 2 unspecified atom stereocenters. The predicted octanol–water partition coefficient (Wildman–Crippen LogP) is 1.65. The van der Waals surface area contributed by atoms with Gasteiger partial charge in [-0.1, -0.05) is 24.6 Å². The first-order valence-corrected chi connectivity index (χ1v) is 8.12. The number of thioether (sulfide) groups is 1. The van der Waals surface area contributed by atoms with Crippen molar-refractivity contribution in [2.24, 2.45) is 5.92 Å². The van der Waals surface area contributed by atoms with Crippen molar-refractivity contribution in [3.63, 3.8) is 0 Å². The first-order chi connectivity index (χ1) is 9.58. The minimum absolute atomic E-state index is 0.0125. The van der Waals surface area contributed by atoms with E-state index >= 15 is 0 Å². The highest BCUT2D eigenvalue weighted by atomic mass is 32.2. The standard InChI is InChI=1S/C14H21NO4S/c1-9(16)20-12-7-3-2-5-10(12)13(17)19-14(18)11-6-4-8-15-11/h10-12,15H,2-8H2,1H3/t10?,11-,12?/m0/s1. The molecule has 1 aliphatic heterocycles. The number of nitrogens with one attached hydrogen (secondary N) is 1. The zero-order valence-corrected chi connectivity index (χ0v) is 12.5. The fourth-order valence-corrected chi connectivity index (χ4v) is 3.97. The van der Waals surface area contributed by atoms with Crippen molar-refractivity contribution in [1.82, 2.24) is 5.32 Å². The first kappa shape index (κ1) is 15.5. The monoisotopic (exact) mass is 299 g/mol. The van der Waals surface area contributed by atoms with Gasteiger partial charge in [0.15, 0.2) is 5.12 Å². The van der Waals surface area contributed by atoms with Gasteiger partial charge in [-0.15, -0.1) is 0 Å². The van der Waals surface area contributed by atoms with Crippen molar-refractivity contribution in [1.29, 1.82) is 0 Å². The highest BCUT2D eigenvalue weighted by Gasteiger charge is 2.36. The molecule has 2 fully saturated rings.